The molecule has 0 aromatic heterocycles. The van der Waals surface area contributed by atoms with Crippen LogP contribution in [-0.4, -0.2) is 38.0 Å². The van der Waals surface area contributed by atoms with Crippen molar-refractivity contribution in [2.24, 2.45) is 10.7 Å². The molecule has 3 N–H and O–H groups in total. The highest BCUT2D eigenvalue weighted by Crippen LogP contribution is 1.78. The fraction of sp³-hybridized carbons (Fsp3) is 0.667. The predicted molar refractivity (Wildman–Crippen MR) is 43.8 cm³/mol. The average molecular weight is 155 g/mol. The molecule has 0 aromatic rings. The number of aliphatic imine (C=N–C) groups is 1. The lowest BCUT2D eigenvalue weighted by atomic mass is 10.6. The van der Waals surface area contributed by atoms with Crippen LogP contribution in [0.1, 0.15) is 0 Å². The van der Waals surface area contributed by atoms with Gasteiger partial charge in [-0.25, -0.2) is 0 Å². The van der Waals surface area contributed by atoms with Crippen LogP contribution in [0, 0.1) is 11.5 Å². The largest absolute Gasteiger partial charge is 0.348 e. The number of nitrogens with zero attached hydrogens (tertiary/aromatic N) is 3. The minimum absolute atomic E-state index is 0.491. The number of hydrogen-bond acceptors (Lipinski definition) is 3. The van der Waals surface area contributed by atoms with Gasteiger partial charge in [0.05, 0.1) is 6.54 Å². The topological polar surface area (TPSA) is 77.4 Å². The second-order valence-electron chi connectivity index (χ2n) is 2.13. The highest BCUT2D eigenvalue weighted by molar-refractivity contribution is 5.80. The molecule has 0 amide bonds. The summed E-state index contributed by atoms with van der Waals surface area (Å²) in [5.74, 6) is 0.540. The molecule has 0 spiro atoms. The van der Waals surface area contributed by atoms with Crippen LogP contribution in [0.25, 0.3) is 0 Å². The molecule has 0 radical (unpaired) electrons. The summed E-state index contributed by atoms with van der Waals surface area (Å²) < 4.78 is 0. The molecule has 0 fully saturated rings. The molecule has 11 heavy (non-hydrogen) atoms. The Hall–Kier alpha value is -1.28. The van der Waals surface area contributed by atoms with Crippen molar-refractivity contribution >= 4 is 5.96 Å². The molecule has 0 saturated heterocycles. The van der Waals surface area contributed by atoms with Crippen LogP contribution in [0.15, 0.2) is 4.99 Å². The van der Waals surface area contributed by atoms with Crippen molar-refractivity contribution in [3.05, 3.63) is 0 Å². The lowest BCUT2D eigenvalue weighted by Crippen LogP contribution is -2.33. The fourth-order valence-electron chi connectivity index (χ4n) is 0.513. The number of nitriles is 1. The maximum atomic E-state index is 8.29. The molecule has 0 heterocycles. The summed E-state index contributed by atoms with van der Waals surface area (Å²) in [6, 6.07) is 0. The third-order valence-corrected chi connectivity index (χ3v) is 0.982. The molecule has 0 aliphatic carbocycles. The second-order valence-corrected chi connectivity index (χ2v) is 2.13. The van der Waals surface area contributed by atoms with E-state index in [0.717, 1.165) is 0 Å². The Bertz CT molecular complexity index is 166. The number of guanidine groups is 1. The molecule has 0 rings (SSSR count). The first-order valence-electron chi connectivity index (χ1n) is 3.29. The maximum Gasteiger partial charge on any atom is 0.206 e. The van der Waals surface area contributed by atoms with Crippen LogP contribution in [-0.2, 0) is 0 Å². The highest BCUT2D eigenvalue weighted by Gasteiger charge is 1.97. The first kappa shape index (κ1) is 9.72. The fourth-order valence-corrected chi connectivity index (χ4v) is 0.513. The molecule has 0 aliphatic rings. The SMILES string of the molecule is CN(C)C(=NCCN)NC#N. The monoisotopic (exact) mass is 155 g/mol. The summed E-state index contributed by atoms with van der Waals surface area (Å²) in [4.78, 5) is 5.74. The molecule has 0 saturated carbocycles. The lowest BCUT2D eigenvalue weighted by molar-refractivity contribution is 0.598. The highest BCUT2D eigenvalue weighted by atomic mass is 15.3. The van der Waals surface area contributed by atoms with Gasteiger partial charge < -0.3 is 10.6 Å². The first-order valence-corrected chi connectivity index (χ1v) is 3.29. The molecule has 0 unspecified atom stereocenters. The van der Waals surface area contributed by atoms with E-state index in [1.165, 1.54) is 0 Å². The number of rotatable bonds is 2. The van der Waals surface area contributed by atoms with Gasteiger partial charge in [-0.3, -0.25) is 10.3 Å². The molecule has 0 bridgehead atoms. The van der Waals surface area contributed by atoms with Crippen molar-refractivity contribution < 1.29 is 0 Å². The Morgan fingerprint density at radius 3 is 2.73 bits per heavy atom. The molecular weight excluding hydrogens is 142 g/mol. The van der Waals surface area contributed by atoms with Crippen molar-refractivity contribution in [1.29, 1.82) is 5.26 Å². The minimum atomic E-state index is 0.491. The zero-order valence-electron chi connectivity index (χ0n) is 6.83. The van der Waals surface area contributed by atoms with Crippen LogP contribution >= 0.6 is 0 Å². The third-order valence-electron chi connectivity index (χ3n) is 0.982. The van der Waals surface area contributed by atoms with Gasteiger partial charge in [0.15, 0.2) is 6.19 Å². The van der Waals surface area contributed by atoms with Crippen molar-refractivity contribution in [1.82, 2.24) is 10.2 Å². The quantitative estimate of drug-likeness (QED) is 0.230. The third kappa shape index (κ3) is 4.17. The van der Waals surface area contributed by atoms with Gasteiger partial charge >= 0.3 is 0 Å². The summed E-state index contributed by atoms with van der Waals surface area (Å²) in [7, 11) is 3.61. The van der Waals surface area contributed by atoms with Crippen molar-refractivity contribution in [2.45, 2.75) is 0 Å². The molecule has 0 aliphatic heterocycles. The second kappa shape index (κ2) is 5.50. The minimum Gasteiger partial charge on any atom is -0.348 e. The van der Waals surface area contributed by atoms with Crippen LogP contribution in [0.4, 0.5) is 0 Å². The van der Waals surface area contributed by atoms with Crippen LogP contribution in [0.2, 0.25) is 0 Å². The van der Waals surface area contributed by atoms with Crippen molar-refractivity contribution in [2.75, 3.05) is 27.2 Å². The van der Waals surface area contributed by atoms with Crippen LogP contribution < -0.4 is 11.1 Å². The normalized spacial score (nSPS) is 10.5. The Kier molecular flexibility index (Phi) is 4.86. The van der Waals surface area contributed by atoms with E-state index in [0.29, 0.717) is 19.0 Å². The number of hydrogen-bond donors (Lipinski definition) is 2. The Morgan fingerprint density at radius 2 is 2.36 bits per heavy atom. The Balaban J connectivity index is 3.99. The predicted octanol–water partition coefficient (Wildman–Crippen LogP) is -1.07. The molecular formula is C6H13N5. The van der Waals surface area contributed by atoms with E-state index in [4.69, 9.17) is 11.0 Å². The Labute approximate surface area is 66.5 Å². The summed E-state index contributed by atoms with van der Waals surface area (Å²) >= 11 is 0. The van der Waals surface area contributed by atoms with Crippen molar-refractivity contribution in [3.63, 3.8) is 0 Å². The van der Waals surface area contributed by atoms with Gasteiger partial charge in [0, 0.05) is 20.6 Å². The lowest BCUT2D eigenvalue weighted by Gasteiger charge is -2.12. The summed E-state index contributed by atoms with van der Waals surface area (Å²) in [6.07, 6.45) is 1.79. The smallest absolute Gasteiger partial charge is 0.206 e. The van der Waals surface area contributed by atoms with E-state index in [2.05, 4.69) is 10.3 Å². The average Bonchev–Trinajstić information content (AvgIpc) is 1.97. The van der Waals surface area contributed by atoms with E-state index in [9.17, 15) is 0 Å². The van der Waals surface area contributed by atoms with E-state index < -0.39 is 0 Å². The standard InChI is InChI=1S/C6H13N5/c1-11(2)6(10-5-8)9-4-3-7/h3-4,7H2,1-2H3,(H,9,10). The van der Waals surface area contributed by atoms with Crippen LogP contribution in [0.3, 0.4) is 0 Å². The van der Waals surface area contributed by atoms with Gasteiger partial charge in [-0.15, -0.1) is 0 Å². The van der Waals surface area contributed by atoms with E-state index in [1.807, 2.05) is 0 Å². The zero-order valence-corrected chi connectivity index (χ0v) is 6.83. The van der Waals surface area contributed by atoms with Gasteiger partial charge in [-0.2, -0.15) is 5.26 Å². The van der Waals surface area contributed by atoms with Crippen molar-refractivity contribution in [3.8, 4) is 6.19 Å². The number of nitrogens with one attached hydrogen (secondary N) is 1. The van der Waals surface area contributed by atoms with E-state index in [-0.39, 0.29) is 0 Å². The van der Waals surface area contributed by atoms with Gasteiger partial charge in [0.25, 0.3) is 0 Å². The Morgan fingerprint density at radius 1 is 1.73 bits per heavy atom. The summed E-state index contributed by atoms with van der Waals surface area (Å²) in [5.41, 5.74) is 5.24. The van der Waals surface area contributed by atoms with E-state index in [1.54, 1.807) is 25.2 Å². The van der Waals surface area contributed by atoms with Gasteiger partial charge in [-0.1, -0.05) is 0 Å². The molecule has 0 atom stereocenters. The van der Waals surface area contributed by atoms with Crippen LogP contribution in [0.5, 0.6) is 0 Å². The maximum absolute atomic E-state index is 8.29. The van der Waals surface area contributed by atoms with E-state index >= 15 is 0 Å². The first-order chi connectivity index (χ1) is 5.22. The molecule has 0 aromatic carbocycles. The van der Waals surface area contributed by atoms with Gasteiger partial charge in [0.2, 0.25) is 5.96 Å². The molecule has 62 valence electrons. The summed E-state index contributed by atoms with van der Waals surface area (Å²) in [6.45, 7) is 1.02. The molecule has 5 heteroatoms. The number of nitrogens with two attached hydrogens (primary N) is 1. The zero-order chi connectivity index (χ0) is 8.69. The summed E-state index contributed by atoms with van der Waals surface area (Å²) in [5, 5.41) is 10.7. The molecule has 5 nitrogen and oxygen atoms in total. The van der Waals surface area contributed by atoms with Gasteiger partial charge in [0.1, 0.15) is 0 Å². The van der Waals surface area contributed by atoms with Gasteiger partial charge in [-0.05, 0) is 0 Å².